The Hall–Kier alpha value is -4.44. The van der Waals surface area contributed by atoms with Crippen molar-refractivity contribution in [3.05, 3.63) is 39.3 Å². The van der Waals surface area contributed by atoms with Gasteiger partial charge in [-0.1, -0.05) is 5.11 Å². The summed E-state index contributed by atoms with van der Waals surface area (Å²) >= 11 is 0. The Labute approximate surface area is 216 Å². The van der Waals surface area contributed by atoms with Crippen molar-refractivity contribution in [2.75, 3.05) is 6.61 Å². The lowest BCUT2D eigenvalue weighted by molar-refractivity contribution is -0.270. The number of nitrogens with zero attached hydrogens (tertiary/aromatic N) is 3. The Morgan fingerprint density at radius 3 is 1.82 bits per heavy atom. The number of hydrogen-bond donors (Lipinski definition) is 1. The molecule has 1 amide bonds. The highest BCUT2D eigenvalue weighted by molar-refractivity contribution is 5.95. The van der Waals surface area contributed by atoms with Crippen LogP contribution in [0.3, 0.4) is 0 Å². The smallest absolute Gasteiger partial charge is 0.305 e. The third-order valence-corrected chi connectivity index (χ3v) is 4.89. The van der Waals surface area contributed by atoms with Crippen molar-refractivity contribution in [1.82, 2.24) is 5.32 Å². The van der Waals surface area contributed by atoms with E-state index in [0.29, 0.717) is 0 Å². The van der Waals surface area contributed by atoms with Crippen LogP contribution in [0.25, 0.3) is 10.4 Å². The van der Waals surface area contributed by atoms with E-state index in [0.717, 1.165) is 27.7 Å². The third-order valence-electron chi connectivity index (χ3n) is 4.89. The summed E-state index contributed by atoms with van der Waals surface area (Å²) in [4.78, 5) is 61.6. The van der Waals surface area contributed by atoms with Crippen LogP contribution in [0.4, 0.5) is 23.2 Å². The average molecular weight is 564 g/mol. The van der Waals surface area contributed by atoms with Crippen molar-refractivity contribution < 1.29 is 65.2 Å². The zero-order valence-corrected chi connectivity index (χ0v) is 20.5. The van der Waals surface area contributed by atoms with Gasteiger partial charge in [0.05, 0.1) is 0 Å². The SMILES string of the molecule is CC(=O)OC[C@H]1OC(OC(C)=O)[C@@H](NC(=O)c2c(F)c(F)c(N=[N+]=[N-])c(F)c2F)[C@@H](OC(C)=O)[C@@H]1OC(C)=O. The molecule has 1 N–H and O–H groups in total. The van der Waals surface area contributed by atoms with E-state index in [9.17, 15) is 41.5 Å². The first-order valence-corrected chi connectivity index (χ1v) is 10.7. The number of azide groups is 1. The number of hydrogen-bond acceptors (Lipinski definition) is 11. The van der Waals surface area contributed by atoms with Crippen LogP contribution >= 0.6 is 0 Å². The maximum absolute atomic E-state index is 14.6. The lowest BCUT2D eigenvalue weighted by Gasteiger charge is -2.44. The number of rotatable bonds is 8. The number of ether oxygens (including phenoxy) is 5. The molecule has 1 fully saturated rings. The van der Waals surface area contributed by atoms with Gasteiger partial charge in [-0.3, -0.25) is 24.0 Å². The molecule has 0 spiro atoms. The summed E-state index contributed by atoms with van der Waals surface area (Å²) in [6, 6.07) is -1.93. The van der Waals surface area contributed by atoms with Crippen LogP contribution in [0, 0.1) is 23.3 Å². The van der Waals surface area contributed by atoms with Gasteiger partial charge in [0.2, 0.25) is 6.29 Å². The molecule has 5 atom stereocenters. The molecule has 1 unspecified atom stereocenters. The molecule has 0 saturated carbocycles. The molecule has 0 radical (unpaired) electrons. The summed E-state index contributed by atoms with van der Waals surface area (Å²) in [6.45, 7) is 3.08. The van der Waals surface area contributed by atoms with Crippen LogP contribution in [-0.4, -0.2) is 67.0 Å². The largest absolute Gasteiger partial charge is 0.463 e. The van der Waals surface area contributed by atoms with E-state index in [1.54, 1.807) is 0 Å². The molecular formula is C21H20F4N4O10. The fraction of sp³-hybridized carbons (Fsp3) is 0.476. The van der Waals surface area contributed by atoms with Gasteiger partial charge in [-0.05, 0) is 5.53 Å². The first kappa shape index (κ1) is 30.8. The second-order valence-corrected chi connectivity index (χ2v) is 7.77. The van der Waals surface area contributed by atoms with E-state index >= 15 is 0 Å². The second kappa shape index (κ2) is 12.9. The van der Waals surface area contributed by atoms with Crippen molar-refractivity contribution in [3.63, 3.8) is 0 Å². The topological polar surface area (TPSA) is 192 Å². The normalized spacial score (nSPS) is 22.1. The standard InChI is InChI=1S/C21H20F4N4O10/c1-6(30)35-5-10-18(36-7(2)31)19(37-8(3)32)17(21(39-10)38-9(4)33)27-20(34)11-12(22)14(24)16(28-29-26)15(25)13(11)23/h10,17-19,21H,5H2,1-4H3,(H,27,34)/t10-,17+,18-,19-,21?/m1/s1. The van der Waals surface area contributed by atoms with Gasteiger partial charge in [0.1, 0.15) is 30.0 Å². The highest BCUT2D eigenvalue weighted by Gasteiger charge is 2.52. The number of halogens is 4. The molecule has 212 valence electrons. The number of amides is 1. The summed E-state index contributed by atoms with van der Waals surface area (Å²) in [5.74, 6) is -14.7. The number of carbonyl (C=O) groups is 5. The summed E-state index contributed by atoms with van der Waals surface area (Å²) in [5.41, 5.74) is 4.84. The number of benzene rings is 1. The van der Waals surface area contributed by atoms with Crippen LogP contribution in [0.15, 0.2) is 5.11 Å². The molecule has 1 heterocycles. The van der Waals surface area contributed by atoms with E-state index in [1.807, 2.05) is 10.2 Å². The molecule has 2 rings (SSSR count). The van der Waals surface area contributed by atoms with Gasteiger partial charge in [-0.2, -0.15) is 0 Å². The summed E-state index contributed by atoms with van der Waals surface area (Å²) in [6.07, 6.45) is -6.95. The quantitative estimate of drug-likeness (QED) is 0.0929. The molecule has 1 aromatic rings. The maximum atomic E-state index is 14.6. The van der Waals surface area contributed by atoms with Crippen molar-refractivity contribution >= 4 is 35.5 Å². The zero-order valence-electron chi connectivity index (χ0n) is 20.5. The molecule has 1 saturated heterocycles. The van der Waals surface area contributed by atoms with E-state index in [-0.39, 0.29) is 0 Å². The lowest BCUT2D eigenvalue weighted by Crippen LogP contribution is -2.67. The Kier molecular flexibility index (Phi) is 10.2. The summed E-state index contributed by atoms with van der Waals surface area (Å²) < 4.78 is 83.2. The number of esters is 4. The molecule has 0 aliphatic carbocycles. The van der Waals surface area contributed by atoms with Crippen LogP contribution in [0.5, 0.6) is 0 Å². The fourth-order valence-electron chi connectivity index (χ4n) is 3.50. The van der Waals surface area contributed by atoms with E-state index in [4.69, 9.17) is 29.2 Å². The molecule has 1 aliphatic rings. The number of nitrogens with one attached hydrogen (secondary N) is 1. The lowest BCUT2D eigenvalue weighted by atomic mass is 9.95. The predicted octanol–water partition coefficient (Wildman–Crippen LogP) is 2.00. The van der Waals surface area contributed by atoms with Gasteiger partial charge in [0.25, 0.3) is 5.91 Å². The van der Waals surface area contributed by atoms with E-state index in [1.165, 1.54) is 0 Å². The van der Waals surface area contributed by atoms with Crippen LogP contribution in [0.2, 0.25) is 0 Å². The summed E-state index contributed by atoms with van der Waals surface area (Å²) in [7, 11) is 0. The Balaban J connectivity index is 2.63. The summed E-state index contributed by atoms with van der Waals surface area (Å²) in [5, 5.41) is 4.40. The second-order valence-electron chi connectivity index (χ2n) is 7.77. The average Bonchev–Trinajstić information content (AvgIpc) is 2.82. The molecule has 1 aromatic carbocycles. The van der Waals surface area contributed by atoms with Gasteiger partial charge in [0, 0.05) is 32.6 Å². The van der Waals surface area contributed by atoms with Crippen LogP contribution in [0.1, 0.15) is 38.1 Å². The van der Waals surface area contributed by atoms with E-state index < -0.39 is 102 Å². The van der Waals surface area contributed by atoms with E-state index in [2.05, 4.69) is 5.11 Å². The highest BCUT2D eigenvalue weighted by atomic mass is 19.2. The number of carbonyl (C=O) groups excluding carboxylic acids is 5. The minimum Gasteiger partial charge on any atom is -0.463 e. The van der Waals surface area contributed by atoms with Gasteiger partial charge in [-0.15, -0.1) is 0 Å². The zero-order chi connectivity index (χ0) is 29.6. The minimum absolute atomic E-state index is 0.649. The van der Waals surface area contributed by atoms with Crippen molar-refractivity contribution in [2.45, 2.75) is 58.3 Å². The van der Waals surface area contributed by atoms with Crippen LogP contribution in [-0.2, 0) is 42.9 Å². The van der Waals surface area contributed by atoms with Gasteiger partial charge in [-0.25, -0.2) is 17.6 Å². The van der Waals surface area contributed by atoms with Crippen molar-refractivity contribution in [3.8, 4) is 0 Å². The third kappa shape index (κ3) is 7.32. The maximum Gasteiger partial charge on any atom is 0.305 e. The van der Waals surface area contributed by atoms with Crippen molar-refractivity contribution in [2.24, 2.45) is 5.11 Å². The van der Waals surface area contributed by atoms with Crippen LogP contribution < -0.4 is 5.32 Å². The van der Waals surface area contributed by atoms with Crippen molar-refractivity contribution in [1.29, 1.82) is 0 Å². The predicted molar refractivity (Wildman–Crippen MR) is 115 cm³/mol. The molecule has 0 bridgehead atoms. The first-order chi connectivity index (χ1) is 18.2. The molecule has 0 aromatic heterocycles. The fourth-order valence-corrected chi connectivity index (χ4v) is 3.50. The Morgan fingerprint density at radius 1 is 0.846 bits per heavy atom. The van der Waals surface area contributed by atoms with Gasteiger partial charge in [0.15, 0.2) is 35.5 Å². The first-order valence-electron chi connectivity index (χ1n) is 10.7. The molecule has 39 heavy (non-hydrogen) atoms. The molecule has 1 aliphatic heterocycles. The Morgan fingerprint density at radius 2 is 1.36 bits per heavy atom. The molecule has 18 heteroatoms. The highest BCUT2D eigenvalue weighted by Crippen LogP contribution is 2.32. The molecule has 14 nitrogen and oxygen atoms in total. The molecular weight excluding hydrogens is 544 g/mol. The van der Waals surface area contributed by atoms with Gasteiger partial charge < -0.3 is 29.0 Å². The monoisotopic (exact) mass is 564 g/mol. The van der Waals surface area contributed by atoms with Gasteiger partial charge >= 0.3 is 23.9 Å². The minimum atomic E-state index is -2.26. The Bertz CT molecular complexity index is 1210.